The van der Waals surface area contributed by atoms with Gasteiger partial charge in [0.2, 0.25) is 5.89 Å². The number of hydrogen-bond acceptors (Lipinski definition) is 4. The fourth-order valence-corrected chi connectivity index (χ4v) is 2.31. The van der Waals surface area contributed by atoms with Gasteiger partial charge in [0.25, 0.3) is 0 Å². The van der Waals surface area contributed by atoms with E-state index in [4.69, 9.17) is 10.3 Å². The molecule has 0 aromatic carbocycles. The maximum absolute atomic E-state index is 12.1. The molecule has 1 fully saturated rings. The van der Waals surface area contributed by atoms with Crippen LogP contribution in [0.4, 0.5) is 13.2 Å². The van der Waals surface area contributed by atoms with E-state index in [1.54, 1.807) is 0 Å². The Morgan fingerprint density at radius 1 is 1.35 bits per heavy atom. The molecule has 1 aromatic heterocycles. The highest BCUT2D eigenvalue weighted by Gasteiger charge is 2.34. The molecule has 1 saturated carbocycles. The Kier molecular flexibility index (Phi) is 3.37. The minimum Gasteiger partial charge on any atom is -0.339 e. The Balaban J connectivity index is 2.07. The summed E-state index contributed by atoms with van der Waals surface area (Å²) in [6.45, 7) is 0.502. The monoisotopic (exact) mass is 249 g/mol. The first-order valence-corrected chi connectivity index (χ1v) is 5.59. The van der Waals surface area contributed by atoms with Crippen molar-refractivity contribution in [1.82, 2.24) is 10.1 Å². The number of aromatic nitrogens is 2. The normalized spacial score (nSPS) is 25.4. The average molecular weight is 249 g/mol. The van der Waals surface area contributed by atoms with Crippen molar-refractivity contribution in [2.75, 3.05) is 6.54 Å². The summed E-state index contributed by atoms with van der Waals surface area (Å²) in [4.78, 5) is 3.82. The Morgan fingerprint density at radius 3 is 2.76 bits per heavy atom. The fraction of sp³-hybridized carbons (Fsp3) is 0.800. The maximum Gasteiger partial charge on any atom is 0.396 e. The van der Waals surface area contributed by atoms with Crippen LogP contribution in [-0.4, -0.2) is 22.9 Å². The second-order valence-electron chi connectivity index (χ2n) is 4.37. The van der Waals surface area contributed by atoms with Gasteiger partial charge in [-0.2, -0.15) is 18.2 Å². The van der Waals surface area contributed by atoms with E-state index in [1.807, 2.05) is 0 Å². The standard InChI is InChI=1S/C10H14F3N3O/c11-10(12,13)4-8-15-9(17-16-8)7-3-1-2-6(7)5-14/h6-7H,1-5,14H2. The predicted octanol–water partition coefficient (Wildman–Crippen LogP) is 2.02. The van der Waals surface area contributed by atoms with Gasteiger partial charge in [-0.15, -0.1) is 0 Å². The van der Waals surface area contributed by atoms with Gasteiger partial charge in [0, 0.05) is 5.92 Å². The lowest BCUT2D eigenvalue weighted by Crippen LogP contribution is -2.17. The van der Waals surface area contributed by atoms with Gasteiger partial charge < -0.3 is 10.3 Å². The van der Waals surface area contributed by atoms with Gasteiger partial charge in [-0.05, 0) is 25.3 Å². The first-order chi connectivity index (χ1) is 7.99. The smallest absolute Gasteiger partial charge is 0.339 e. The Morgan fingerprint density at radius 2 is 2.12 bits per heavy atom. The first kappa shape index (κ1) is 12.3. The molecule has 0 saturated heterocycles. The third-order valence-corrected chi connectivity index (χ3v) is 3.12. The summed E-state index contributed by atoms with van der Waals surface area (Å²) in [5.74, 6) is 0.274. The van der Waals surface area contributed by atoms with Gasteiger partial charge in [0.1, 0.15) is 6.42 Å². The first-order valence-electron chi connectivity index (χ1n) is 5.59. The lowest BCUT2D eigenvalue weighted by molar-refractivity contribution is -0.128. The van der Waals surface area contributed by atoms with Crippen LogP contribution in [0.5, 0.6) is 0 Å². The molecule has 1 aliphatic carbocycles. The van der Waals surface area contributed by atoms with E-state index in [0.717, 1.165) is 19.3 Å². The van der Waals surface area contributed by atoms with Gasteiger partial charge in [0.15, 0.2) is 5.82 Å². The van der Waals surface area contributed by atoms with Gasteiger partial charge in [-0.3, -0.25) is 0 Å². The molecule has 1 aromatic rings. The number of nitrogens with zero attached hydrogens (tertiary/aromatic N) is 2. The summed E-state index contributed by atoms with van der Waals surface area (Å²) >= 11 is 0. The zero-order valence-corrected chi connectivity index (χ0v) is 9.20. The Labute approximate surface area is 96.4 Å². The van der Waals surface area contributed by atoms with Crippen LogP contribution < -0.4 is 5.73 Å². The van der Waals surface area contributed by atoms with E-state index in [9.17, 15) is 13.2 Å². The molecule has 0 aliphatic heterocycles. The topological polar surface area (TPSA) is 64.9 Å². The van der Waals surface area contributed by atoms with Gasteiger partial charge >= 0.3 is 6.18 Å². The molecule has 0 amide bonds. The highest BCUT2D eigenvalue weighted by molar-refractivity contribution is 5.00. The molecule has 2 unspecified atom stereocenters. The summed E-state index contributed by atoms with van der Waals surface area (Å²) in [5, 5.41) is 3.37. The molecule has 0 spiro atoms. The van der Waals surface area contributed by atoms with Crippen LogP contribution in [0.3, 0.4) is 0 Å². The zero-order valence-electron chi connectivity index (χ0n) is 9.20. The van der Waals surface area contributed by atoms with Crippen LogP contribution in [0, 0.1) is 5.92 Å². The van der Waals surface area contributed by atoms with Crippen molar-refractivity contribution in [3.05, 3.63) is 11.7 Å². The summed E-state index contributed by atoms with van der Waals surface area (Å²) < 4.78 is 41.3. The molecule has 2 N–H and O–H groups in total. The van der Waals surface area contributed by atoms with E-state index < -0.39 is 12.6 Å². The molecular formula is C10H14F3N3O. The molecular weight excluding hydrogens is 235 g/mol. The second-order valence-corrected chi connectivity index (χ2v) is 4.37. The summed E-state index contributed by atoms with van der Waals surface area (Å²) in [7, 11) is 0. The zero-order chi connectivity index (χ0) is 12.5. The number of halogens is 3. The summed E-state index contributed by atoms with van der Waals surface area (Å²) in [5.41, 5.74) is 5.60. The molecule has 1 aliphatic rings. The van der Waals surface area contributed by atoms with E-state index in [2.05, 4.69) is 10.1 Å². The van der Waals surface area contributed by atoms with Crippen LogP contribution in [-0.2, 0) is 6.42 Å². The van der Waals surface area contributed by atoms with Crippen molar-refractivity contribution in [1.29, 1.82) is 0 Å². The van der Waals surface area contributed by atoms with Crippen molar-refractivity contribution in [3.8, 4) is 0 Å². The quantitative estimate of drug-likeness (QED) is 0.890. The largest absolute Gasteiger partial charge is 0.396 e. The second kappa shape index (κ2) is 4.64. The van der Waals surface area contributed by atoms with Crippen molar-refractivity contribution < 1.29 is 17.7 Å². The number of nitrogens with two attached hydrogens (primary N) is 1. The SMILES string of the molecule is NCC1CCCC1c1nc(CC(F)(F)F)no1. The molecule has 2 rings (SSSR count). The molecule has 96 valence electrons. The fourth-order valence-electron chi connectivity index (χ4n) is 2.31. The van der Waals surface area contributed by atoms with Crippen LogP contribution in [0.1, 0.15) is 36.9 Å². The van der Waals surface area contributed by atoms with Gasteiger partial charge in [-0.1, -0.05) is 11.6 Å². The Bertz CT molecular complexity index is 377. The van der Waals surface area contributed by atoms with Crippen LogP contribution in [0.15, 0.2) is 4.52 Å². The van der Waals surface area contributed by atoms with Crippen molar-refractivity contribution in [2.24, 2.45) is 11.7 Å². The van der Waals surface area contributed by atoms with Crippen LogP contribution >= 0.6 is 0 Å². The molecule has 17 heavy (non-hydrogen) atoms. The summed E-state index contributed by atoms with van der Waals surface area (Å²) in [6, 6.07) is 0. The minimum atomic E-state index is -4.30. The van der Waals surface area contributed by atoms with Crippen LogP contribution in [0.2, 0.25) is 0 Å². The van der Waals surface area contributed by atoms with Crippen LogP contribution in [0.25, 0.3) is 0 Å². The average Bonchev–Trinajstić information content (AvgIpc) is 2.81. The number of rotatable bonds is 3. The maximum atomic E-state index is 12.1. The number of alkyl halides is 3. The van der Waals surface area contributed by atoms with Crippen molar-refractivity contribution >= 4 is 0 Å². The number of hydrogen-bond donors (Lipinski definition) is 1. The lowest BCUT2D eigenvalue weighted by atomic mass is 9.96. The third kappa shape index (κ3) is 2.96. The minimum absolute atomic E-state index is 0.0227. The highest BCUT2D eigenvalue weighted by Crippen LogP contribution is 2.38. The molecule has 2 atom stereocenters. The predicted molar refractivity (Wildman–Crippen MR) is 53.2 cm³/mol. The molecule has 0 radical (unpaired) electrons. The summed E-state index contributed by atoms with van der Waals surface area (Å²) in [6.07, 6.45) is -2.61. The van der Waals surface area contributed by atoms with E-state index in [-0.39, 0.29) is 17.7 Å². The van der Waals surface area contributed by atoms with E-state index in [1.165, 1.54) is 0 Å². The Hall–Kier alpha value is -1.11. The van der Waals surface area contributed by atoms with Crippen molar-refractivity contribution in [3.63, 3.8) is 0 Å². The lowest BCUT2D eigenvalue weighted by Gasteiger charge is -2.12. The van der Waals surface area contributed by atoms with E-state index in [0.29, 0.717) is 12.4 Å². The molecule has 1 heterocycles. The van der Waals surface area contributed by atoms with Crippen molar-refractivity contribution in [2.45, 2.75) is 37.8 Å². The highest BCUT2D eigenvalue weighted by atomic mass is 19.4. The van der Waals surface area contributed by atoms with Gasteiger partial charge in [-0.25, -0.2) is 0 Å². The van der Waals surface area contributed by atoms with E-state index >= 15 is 0 Å². The third-order valence-electron chi connectivity index (χ3n) is 3.12. The molecule has 7 heteroatoms. The van der Waals surface area contributed by atoms with Gasteiger partial charge in [0.05, 0.1) is 0 Å². The molecule has 0 bridgehead atoms. The molecule has 4 nitrogen and oxygen atoms in total.